The second kappa shape index (κ2) is 11.8. The number of aryl methyl sites for hydroxylation is 1. The number of fused-ring (bicyclic) bond motifs is 3. The molecule has 0 unspecified atom stereocenters. The number of halogens is 3. The molecule has 4 heteroatoms. The molecule has 2 aromatic carbocycles. The lowest BCUT2D eigenvalue weighted by molar-refractivity contribution is -0.188. The zero-order valence-electron chi connectivity index (χ0n) is 21.5. The van der Waals surface area contributed by atoms with Crippen LogP contribution in [0.2, 0.25) is 0 Å². The molecule has 0 amide bonds. The van der Waals surface area contributed by atoms with Crippen LogP contribution in [-0.2, 0) is 12.5 Å². The Morgan fingerprint density at radius 2 is 1.51 bits per heavy atom. The number of alkyl halides is 2. The van der Waals surface area contributed by atoms with Crippen molar-refractivity contribution in [1.82, 2.24) is 0 Å². The topological polar surface area (TPSA) is 9.23 Å². The molecule has 0 N–H and O–H groups in total. The quantitative estimate of drug-likeness (QED) is 0.287. The molecule has 1 nitrogen and oxygen atoms in total. The highest BCUT2D eigenvalue weighted by molar-refractivity contribution is 5.77. The number of benzene rings is 2. The van der Waals surface area contributed by atoms with Crippen molar-refractivity contribution in [3.8, 4) is 16.9 Å². The van der Waals surface area contributed by atoms with Gasteiger partial charge in [0.1, 0.15) is 0 Å². The van der Waals surface area contributed by atoms with Crippen molar-refractivity contribution < 1.29 is 17.9 Å². The predicted molar refractivity (Wildman–Crippen MR) is 138 cm³/mol. The largest absolute Gasteiger partial charge is 0.427 e. The Morgan fingerprint density at radius 3 is 2.23 bits per heavy atom. The third-order valence-corrected chi connectivity index (χ3v) is 8.12. The SMILES string of the molecule is CCCCCCCCCc1ccc2c(c1F)OC(F)(F)c1cc(C3CCC(CCC)CC3)ccc1-2. The Morgan fingerprint density at radius 1 is 0.829 bits per heavy atom. The van der Waals surface area contributed by atoms with Gasteiger partial charge in [0.05, 0.1) is 5.56 Å². The van der Waals surface area contributed by atoms with E-state index in [-0.39, 0.29) is 11.3 Å². The van der Waals surface area contributed by atoms with E-state index in [9.17, 15) is 0 Å². The molecule has 2 aliphatic rings. The molecule has 1 heterocycles. The Hall–Kier alpha value is -1.97. The van der Waals surface area contributed by atoms with Gasteiger partial charge in [0.15, 0.2) is 11.6 Å². The summed E-state index contributed by atoms with van der Waals surface area (Å²) in [6.07, 6.45) is 11.8. The molecular weight excluding hydrogens is 445 g/mol. The molecule has 0 saturated heterocycles. The molecule has 1 aliphatic heterocycles. The van der Waals surface area contributed by atoms with E-state index in [4.69, 9.17) is 4.74 Å². The van der Waals surface area contributed by atoms with Gasteiger partial charge in [-0.05, 0) is 73.1 Å². The van der Waals surface area contributed by atoms with Gasteiger partial charge in [-0.1, -0.05) is 89.5 Å². The van der Waals surface area contributed by atoms with Gasteiger partial charge in [-0.15, -0.1) is 0 Å². The van der Waals surface area contributed by atoms with Gasteiger partial charge in [0.2, 0.25) is 0 Å². The first-order chi connectivity index (χ1) is 16.9. The highest BCUT2D eigenvalue weighted by Crippen LogP contribution is 2.50. The zero-order chi connectivity index (χ0) is 24.8. The molecule has 2 aromatic rings. The van der Waals surface area contributed by atoms with Crippen molar-refractivity contribution in [2.45, 2.75) is 116 Å². The monoisotopic (exact) mass is 486 g/mol. The van der Waals surface area contributed by atoms with Crippen molar-refractivity contribution >= 4 is 0 Å². The molecule has 0 atom stereocenters. The van der Waals surface area contributed by atoms with Gasteiger partial charge in [0, 0.05) is 5.56 Å². The molecule has 0 bridgehead atoms. The van der Waals surface area contributed by atoms with Crippen molar-refractivity contribution in [1.29, 1.82) is 0 Å². The van der Waals surface area contributed by atoms with Crippen LogP contribution in [-0.4, -0.2) is 0 Å². The van der Waals surface area contributed by atoms with Crippen LogP contribution < -0.4 is 4.74 Å². The van der Waals surface area contributed by atoms with Crippen LogP contribution in [0.1, 0.15) is 120 Å². The maximum Gasteiger partial charge on any atom is 0.427 e. The van der Waals surface area contributed by atoms with Crippen molar-refractivity contribution in [3.05, 3.63) is 52.8 Å². The van der Waals surface area contributed by atoms with Crippen LogP contribution in [0, 0.1) is 11.7 Å². The van der Waals surface area contributed by atoms with Crippen molar-refractivity contribution in [2.75, 3.05) is 0 Å². The van der Waals surface area contributed by atoms with Gasteiger partial charge in [-0.3, -0.25) is 0 Å². The molecule has 1 fully saturated rings. The number of hydrogen-bond donors (Lipinski definition) is 0. The molecule has 0 spiro atoms. The van der Waals surface area contributed by atoms with Gasteiger partial charge in [0.25, 0.3) is 0 Å². The molecule has 1 saturated carbocycles. The lowest BCUT2D eigenvalue weighted by Crippen LogP contribution is -2.28. The summed E-state index contributed by atoms with van der Waals surface area (Å²) in [5.74, 6) is 0.156. The van der Waals surface area contributed by atoms with Crippen LogP contribution in [0.5, 0.6) is 5.75 Å². The van der Waals surface area contributed by atoms with E-state index < -0.39 is 11.9 Å². The Bertz CT molecular complexity index is 975. The van der Waals surface area contributed by atoms with E-state index in [0.717, 1.165) is 56.4 Å². The standard InChI is InChI=1S/C31H41F3O/c1-3-5-6-7-8-9-10-12-24-17-20-27-26-19-18-25(23-15-13-22(11-4-2)14-16-23)21-28(26)31(33,34)35-30(27)29(24)32/h17-23H,3-16H2,1-2H3. The van der Waals surface area contributed by atoms with Crippen LogP contribution in [0.4, 0.5) is 13.2 Å². The highest BCUT2D eigenvalue weighted by atomic mass is 19.3. The van der Waals surface area contributed by atoms with Gasteiger partial charge in [-0.2, -0.15) is 8.78 Å². The average molecular weight is 487 g/mol. The van der Waals surface area contributed by atoms with E-state index in [0.29, 0.717) is 29.0 Å². The zero-order valence-corrected chi connectivity index (χ0v) is 21.5. The molecule has 35 heavy (non-hydrogen) atoms. The first kappa shape index (κ1) is 26.1. The number of hydrogen-bond acceptors (Lipinski definition) is 1. The third kappa shape index (κ3) is 6.06. The molecule has 0 aromatic heterocycles. The fourth-order valence-electron chi connectivity index (χ4n) is 6.04. The minimum Gasteiger partial charge on any atom is -0.425 e. The van der Waals surface area contributed by atoms with Gasteiger partial charge in [-0.25, -0.2) is 4.39 Å². The van der Waals surface area contributed by atoms with E-state index in [1.165, 1.54) is 38.5 Å². The third-order valence-electron chi connectivity index (χ3n) is 8.12. The lowest BCUT2D eigenvalue weighted by atomic mass is 9.76. The molecule has 4 rings (SSSR count). The predicted octanol–water partition coefficient (Wildman–Crippen LogP) is 10.3. The summed E-state index contributed by atoms with van der Waals surface area (Å²) in [7, 11) is 0. The summed E-state index contributed by atoms with van der Waals surface area (Å²) >= 11 is 0. The summed E-state index contributed by atoms with van der Waals surface area (Å²) < 4.78 is 50.7. The molecule has 192 valence electrons. The van der Waals surface area contributed by atoms with Gasteiger partial charge >= 0.3 is 6.11 Å². The van der Waals surface area contributed by atoms with Crippen LogP contribution in [0.25, 0.3) is 11.1 Å². The average Bonchev–Trinajstić information content (AvgIpc) is 2.85. The number of rotatable bonds is 11. The lowest BCUT2D eigenvalue weighted by Gasteiger charge is -2.32. The second-order valence-electron chi connectivity index (χ2n) is 10.7. The van der Waals surface area contributed by atoms with Gasteiger partial charge < -0.3 is 4.74 Å². The smallest absolute Gasteiger partial charge is 0.425 e. The van der Waals surface area contributed by atoms with Crippen LogP contribution in [0.15, 0.2) is 30.3 Å². The van der Waals surface area contributed by atoms with Crippen LogP contribution >= 0.6 is 0 Å². The normalized spacial score (nSPS) is 20.7. The van der Waals surface area contributed by atoms with Crippen molar-refractivity contribution in [2.24, 2.45) is 5.92 Å². The second-order valence-corrected chi connectivity index (χ2v) is 10.7. The Kier molecular flexibility index (Phi) is 8.83. The van der Waals surface area contributed by atoms with E-state index in [2.05, 4.69) is 13.8 Å². The van der Waals surface area contributed by atoms with Crippen molar-refractivity contribution in [3.63, 3.8) is 0 Å². The minimum atomic E-state index is -3.53. The fourth-order valence-corrected chi connectivity index (χ4v) is 6.04. The van der Waals surface area contributed by atoms with E-state index >= 15 is 13.2 Å². The summed E-state index contributed by atoms with van der Waals surface area (Å²) in [6, 6.07) is 8.86. The number of ether oxygens (including phenoxy) is 1. The van der Waals surface area contributed by atoms with E-state index in [1.54, 1.807) is 24.3 Å². The molecule has 0 radical (unpaired) electrons. The molecular formula is C31H41F3O. The first-order valence-corrected chi connectivity index (χ1v) is 14.0. The Balaban J connectivity index is 1.48. The van der Waals surface area contributed by atoms with E-state index in [1.807, 2.05) is 6.07 Å². The first-order valence-electron chi connectivity index (χ1n) is 14.0. The maximum atomic E-state index is 15.3. The summed E-state index contributed by atoms with van der Waals surface area (Å²) in [5, 5.41) is 0. The summed E-state index contributed by atoms with van der Waals surface area (Å²) in [6.45, 7) is 4.41. The fraction of sp³-hybridized carbons (Fsp3) is 0.613. The highest BCUT2D eigenvalue weighted by Gasteiger charge is 2.44. The van der Waals surface area contributed by atoms with Crippen LogP contribution in [0.3, 0.4) is 0 Å². The minimum absolute atomic E-state index is 0.127. The molecule has 1 aliphatic carbocycles. The Labute approximate surface area is 209 Å². The summed E-state index contributed by atoms with van der Waals surface area (Å²) in [4.78, 5) is 0. The number of unbranched alkanes of at least 4 members (excludes halogenated alkanes) is 6. The maximum absolute atomic E-state index is 15.3. The summed E-state index contributed by atoms with van der Waals surface area (Å²) in [5.41, 5.74) is 2.13.